The number of benzene rings is 3. The van der Waals surface area contributed by atoms with Gasteiger partial charge in [0.05, 0.1) is 12.7 Å². The van der Waals surface area contributed by atoms with Crippen molar-refractivity contribution in [1.82, 2.24) is 0 Å². The molecular formula is C21H19O2P. The zero-order chi connectivity index (χ0) is 16.9. The van der Waals surface area contributed by atoms with Gasteiger partial charge < -0.3 is 4.74 Å². The summed E-state index contributed by atoms with van der Waals surface area (Å²) in [5.74, 6) is -0.290. The van der Waals surface area contributed by atoms with E-state index in [2.05, 4.69) is 43.3 Å². The van der Waals surface area contributed by atoms with Gasteiger partial charge in [0.15, 0.2) is 0 Å². The third kappa shape index (κ3) is 3.39. The van der Waals surface area contributed by atoms with E-state index in [0.29, 0.717) is 5.56 Å². The number of aryl methyl sites for hydroxylation is 1. The Balaban J connectivity index is 2.22. The molecule has 0 saturated carbocycles. The predicted molar refractivity (Wildman–Crippen MR) is 101 cm³/mol. The van der Waals surface area contributed by atoms with Crippen LogP contribution in [0.1, 0.15) is 15.9 Å². The van der Waals surface area contributed by atoms with Crippen LogP contribution in [-0.4, -0.2) is 13.1 Å². The van der Waals surface area contributed by atoms with Gasteiger partial charge in [-0.05, 0) is 36.8 Å². The quantitative estimate of drug-likeness (QED) is 0.539. The molecule has 0 spiro atoms. The molecule has 3 rings (SSSR count). The molecule has 0 aliphatic heterocycles. The Morgan fingerprint density at radius 1 is 0.833 bits per heavy atom. The Labute approximate surface area is 143 Å². The summed E-state index contributed by atoms with van der Waals surface area (Å²) in [6.07, 6.45) is 0. The van der Waals surface area contributed by atoms with Crippen LogP contribution in [0, 0.1) is 6.92 Å². The van der Waals surface area contributed by atoms with Crippen molar-refractivity contribution < 1.29 is 9.53 Å². The summed E-state index contributed by atoms with van der Waals surface area (Å²) in [4.78, 5) is 12.3. The lowest BCUT2D eigenvalue weighted by Crippen LogP contribution is -2.25. The second-order valence-electron chi connectivity index (χ2n) is 5.52. The fraction of sp³-hybridized carbons (Fsp3) is 0.0952. The van der Waals surface area contributed by atoms with Crippen molar-refractivity contribution in [3.8, 4) is 0 Å². The molecule has 1 atom stereocenters. The lowest BCUT2D eigenvalue weighted by molar-refractivity contribution is 0.0602. The van der Waals surface area contributed by atoms with Crippen molar-refractivity contribution in [3.63, 3.8) is 0 Å². The minimum atomic E-state index is -0.822. The number of carbonyl (C=O) groups is 1. The molecule has 0 radical (unpaired) electrons. The smallest absolute Gasteiger partial charge is 0.338 e. The molecular weight excluding hydrogens is 315 g/mol. The molecule has 0 fully saturated rings. The van der Waals surface area contributed by atoms with Crippen LogP contribution in [0.3, 0.4) is 0 Å². The van der Waals surface area contributed by atoms with Crippen LogP contribution in [-0.2, 0) is 4.74 Å². The van der Waals surface area contributed by atoms with Crippen LogP contribution in [0.2, 0.25) is 0 Å². The van der Waals surface area contributed by atoms with Gasteiger partial charge in [-0.25, -0.2) is 4.79 Å². The molecule has 120 valence electrons. The Hall–Kier alpha value is -2.44. The van der Waals surface area contributed by atoms with Crippen molar-refractivity contribution >= 4 is 29.8 Å². The number of rotatable bonds is 4. The van der Waals surface area contributed by atoms with Crippen LogP contribution in [0.25, 0.3) is 0 Å². The minimum absolute atomic E-state index is 0.290. The van der Waals surface area contributed by atoms with Crippen molar-refractivity contribution in [2.45, 2.75) is 6.92 Å². The Morgan fingerprint density at radius 3 is 2.21 bits per heavy atom. The van der Waals surface area contributed by atoms with Gasteiger partial charge in [0.2, 0.25) is 0 Å². The second kappa shape index (κ2) is 7.42. The van der Waals surface area contributed by atoms with E-state index < -0.39 is 7.92 Å². The van der Waals surface area contributed by atoms with Crippen LogP contribution < -0.4 is 15.9 Å². The number of esters is 1. The summed E-state index contributed by atoms with van der Waals surface area (Å²) in [5.41, 5.74) is 1.85. The van der Waals surface area contributed by atoms with Gasteiger partial charge in [-0.1, -0.05) is 78.4 Å². The molecule has 0 heterocycles. The van der Waals surface area contributed by atoms with E-state index in [0.717, 1.165) is 5.30 Å². The van der Waals surface area contributed by atoms with Crippen LogP contribution in [0.5, 0.6) is 0 Å². The summed E-state index contributed by atoms with van der Waals surface area (Å²) in [6, 6.07) is 26.6. The molecule has 2 nitrogen and oxygen atoms in total. The average Bonchev–Trinajstić information content (AvgIpc) is 2.63. The highest BCUT2D eigenvalue weighted by molar-refractivity contribution is 7.80. The van der Waals surface area contributed by atoms with Crippen molar-refractivity contribution in [1.29, 1.82) is 0 Å². The molecule has 3 aromatic rings. The maximum absolute atomic E-state index is 12.3. The normalized spacial score (nSPS) is 11.8. The van der Waals surface area contributed by atoms with Crippen molar-refractivity contribution in [2.24, 2.45) is 0 Å². The molecule has 0 aliphatic carbocycles. The highest BCUT2D eigenvalue weighted by Gasteiger charge is 2.22. The monoisotopic (exact) mass is 334 g/mol. The standard InChI is InChI=1S/C21H19O2P/c1-16-9-8-12-18(15-16)24(17-10-4-3-5-11-17)20-14-7-6-13-19(20)21(22)23-2/h3-15H,1-2H3. The number of ether oxygens (including phenoxy) is 1. The first kappa shape index (κ1) is 16.4. The fourth-order valence-electron chi connectivity index (χ4n) is 2.72. The topological polar surface area (TPSA) is 26.3 Å². The third-order valence-electron chi connectivity index (χ3n) is 3.82. The van der Waals surface area contributed by atoms with Gasteiger partial charge in [0.1, 0.15) is 0 Å². The third-order valence-corrected chi connectivity index (χ3v) is 6.31. The van der Waals surface area contributed by atoms with Gasteiger partial charge in [0.25, 0.3) is 0 Å². The average molecular weight is 334 g/mol. The summed E-state index contributed by atoms with van der Waals surface area (Å²) in [5, 5.41) is 3.47. The minimum Gasteiger partial charge on any atom is -0.465 e. The summed E-state index contributed by atoms with van der Waals surface area (Å²) in [7, 11) is 0.605. The lowest BCUT2D eigenvalue weighted by Gasteiger charge is -2.21. The summed E-state index contributed by atoms with van der Waals surface area (Å²) in [6.45, 7) is 2.09. The molecule has 1 unspecified atom stereocenters. The molecule has 0 saturated heterocycles. The predicted octanol–water partition coefficient (Wildman–Crippen LogP) is 3.54. The number of methoxy groups -OCH3 is 1. The van der Waals surface area contributed by atoms with E-state index in [1.165, 1.54) is 23.3 Å². The summed E-state index contributed by atoms with van der Waals surface area (Å²) >= 11 is 0. The molecule has 0 aliphatic rings. The van der Waals surface area contributed by atoms with E-state index >= 15 is 0 Å². The Bertz CT molecular complexity index is 843. The molecule has 0 bridgehead atoms. The van der Waals surface area contributed by atoms with Crippen molar-refractivity contribution in [2.75, 3.05) is 7.11 Å². The number of hydrogen-bond acceptors (Lipinski definition) is 2. The first-order valence-electron chi connectivity index (χ1n) is 7.80. The first-order chi connectivity index (χ1) is 11.7. The molecule has 3 heteroatoms. The van der Waals surface area contributed by atoms with Gasteiger partial charge in [0, 0.05) is 0 Å². The highest BCUT2D eigenvalue weighted by Crippen LogP contribution is 2.34. The highest BCUT2D eigenvalue weighted by atomic mass is 31.1. The lowest BCUT2D eigenvalue weighted by atomic mass is 10.2. The van der Waals surface area contributed by atoms with Crippen LogP contribution in [0.4, 0.5) is 0 Å². The van der Waals surface area contributed by atoms with E-state index in [1.54, 1.807) is 0 Å². The van der Waals surface area contributed by atoms with Gasteiger partial charge in [-0.2, -0.15) is 0 Å². The van der Waals surface area contributed by atoms with E-state index in [4.69, 9.17) is 4.74 Å². The first-order valence-corrected chi connectivity index (χ1v) is 9.14. The van der Waals surface area contributed by atoms with Crippen LogP contribution >= 0.6 is 7.92 Å². The SMILES string of the molecule is COC(=O)c1ccccc1P(c1ccccc1)c1cccc(C)c1. The largest absolute Gasteiger partial charge is 0.465 e. The van der Waals surface area contributed by atoms with E-state index in [9.17, 15) is 4.79 Å². The van der Waals surface area contributed by atoms with Gasteiger partial charge in [-0.15, -0.1) is 0 Å². The fourth-order valence-corrected chi connectivity index (χ4v) is 5.26. The molecule has 24 heavy (non-hydrogen) atoms. The Kier molecular flexibility index (Phi) is 5.08. The number of hydrogen-bond donors (Lipinski definition) is 0. The number of carbonyl (C=O) groups excluding carboxylic acids is 1. The van der Waals surface area contributed by atoms with Gasteiger partial charge >= 0.3 is 5.97 Å². The van der Waals surface area contributed by atoms with Crippen molar-refractivity contribution in [3.05, 3.63) is 90.0 Å². The Morgan fingerprint density at radius 2 is 1.50 bits per heavy atom. The molecule has 0 amide bonds. The zero-order valence-electron chi connectivity index (χ0n) is 13.8. The second-order valence-corrected chi connectivity index (χ2v) is 7.70. The summed E-state index contributed by atoms with van der Waals surface area (Å²) < 4.78 is 4.99. The van der Waals surface area contributed by atoms with E-state index in [1.807, 2.05) is 42.5 Å². The van der Waals surface area contributed by atoms with E-state index in [-0.39, 0.29) is 5.97 Å². The zero-order valence-corrected chi connectivity index (χ0v) is 14.7. The van der Waals surface area contributed by atoms with Crippen LogP contribution in [0.15, 0.2) is 78.9 Å². The van der Waals surface area contributed by atoms with Gasteiger partial charge in [-0.3, -0.25) is 0 Å². The maximum Gasteiger partial charge on any atom is 0.338 e. The molecule has 0 aromatic heterocycles. The molecule has 0 N–H and O–H groups in total. The molecule has 3 aromatic carbocycles. The maximum atomic E-state index is 12.3.